The summed E-state index contributed by atoms with van der Waals surface area (Å²) in [5.41, 5.74) is 0.223. The molecule has 0 heterocycles. The van der Waals surface area contributed by atoms with Crippen LogP contribution in [0.1, 0.15) is 6.42 Å². The minimum Gasteiger partial charge on any atom is -0.478 e. The van der Waals surface area contributed by atoms with Gasteiger partial charge in [0.15, 0.2) is 0 Å². The maximum Gasteiger partial charge on any atom is 0.333 e. The Bertz CT molecular complexity index is 246. The topological polar surface area (TPSA) is 104 Å². The Kier molecular flexibility index (Phi) is 12.0. The molecule has 0 bridgehead atoms. The zero-order chi connectivity index (χ0) is 13.0. The number of carboxylic acid groups (broad SMARTS) is 1. The number of carboxylic acids is 1. The van der Waals surface area contributed by atoms with Gasteiger partial charge in [-0.05, 0) is 0 Å². The Morgan fingerprint density at radius 1 is 1.25 bits per heavy atom. The number of hydrogen-bond acceptors (Lipinski definition) is 5. The minimum absolute atomic E-state index is 0.0245. The van der Waals surface area contributed by atoms with Crippen molar-refractivity contribution in [1.82, 2.24) is 0 Å². The summed E-state index contributed by atoms with van der Waals surface area (Å²) >= 11 is 0. The average molecular weight is 232 g/mol. The molecule has 0 aromatic heterocycles. The van der Waals surface area contributed by atoms with Gasteiger partial charge in [-0.25, -0.2) is 9.59 Å². The third-order valence-corrected chi connectivity index (χ3v) is 1.20. The van der Waals surface area contributed by atoms with E-state index in [1.807, 2.05) is 0 Å². The largest absolute Gasteiger partial charge is 0.478 e. The highest BCUT2D eigenvalue weighted by molar-refractivity contribution is 5.87. The molecule has 0 fully saturated rings. The van der Waals surface area contributed by atoms with Crippen LogP contribution in [0.5, 0.6) is 0 Å². The standard InChI is InChI=1S/C7H12O4.C3H4O2/c1-6(2-3-8)7(10)11-5-4-9;1-2-3(4)5/h8-9H,1-5H2;2H,1H2,(H,4,5). The molecule has 0 spiro atoms. The SMILES string of the molecule is C=C(CCO)C(=O)OCCO.C=CC(=O)O. The summed E-state index contributed by atoms with van der Waals surface area (Å²) in [7, 11) is 0. The number of ether oxygens (including phenoxy) is 1. The van der Waals surface area contributed by atoms with E-state index in [0.29, 0.717) is 0 Å². The van der Waals surface area contributed by atoms with Gasteiger partial charge < -0.3 is 20.1 Å². The van der Waals surface area contributed by atoms with Gasteiger partial charge >= 0.3 is 11.9 Å². The lowest BCUT2D eigenvalue weighted by molar-refractivity contribution is -0.140. The van der Waals surface area contributed by atoms with Crippen LogP contribution < -0.4 is 0 Å². The maximum atomic E-state index is 10.7. The van der Waals surface area contributed by atoms with E-state index in [-0.39, 0.29) is 31.8 Å². The average Bonchev–Trinajstić information content (AvgIpc) is 2.26. The third kappa shape index (κ3) is 12.3. The molecule has 0 rings (SSSR count). The van der Waals surface area contributed by atoms with Crippen LogP contribution in [0.15, 0.2) is 24.8 Å². The first-order chi connectivity index (χ1) is 7.49. The first kappa shape index (κ1) is 16.8. The van der Waals surface area contributed by atoms with Crippen molar-refractivity contribution < 1.29 is 29.6 Å². The van der Waals surface area contributed by atoms with E-state index in [4.69, 9.17) is 15.3 Å². The molecular weight excluding hydrogens is 216 g/mol. The zero-order valence-electron chi connectivity index (χ0n) is 8.89. The molecule has 0 aromatic rings. The van der Waals surface area contributed by atoms with E-state index >= 15 is 0 Å². The quantitative estimate of drug-likeness (QED) is 0.429. The van der Waals surface area contributed by atoms with E-state index in [9.17, 15) is 9.59 Å². The Morgan fingerprint density at radius 3 is 2.06 bits per heavy atom. The number of carbonyl (C=O) groups is 2. The first-order valence-corrected chi connectivity index (χ1v) is 4.41. The molecule has 16 heavy (non-hydrogen) atoms. The summed E-state index contributed by atoms with van der Waals surface area (Å²) < 4.78 is 4.51. The van der Waals surface area contributed by atoms with Crippen molar-refractivity contribution in [3.8, 4) is 0 Å². The predicted molar refractivity (Wildman–Crippen MR) is 56.7 cm³/mol. The van der Waals surface area contributed by atoms with Crippen LogP contribution in [0.25, 0.3) is 0 Å². The summed E-state index contributed by atoms with van der Waals surface area (Å²) in [6, 6.07) is 0. The summed E-state index contributed by atoms with van der Waals surface area (Å²) in [4.78, 5) is 20.0. The van der Waals surface area contributed by atoms with E-state index in [1.165, 1.54) is 0 Å². The van der Waals surface area contributed by atoms with Crippen molar-refractivity contribution in [2.75, 3.05) is 19.8 Å². The van der Waals surface area contributed by atoms with Gasteiger partial charge in [0.25, 0.3) is 0 Å². The van der Waals surface area contributed by atoms with Crippen LogP contribution in [0.3, 0.4) is 0 Å². The summed E-state index contributed by atoms with van der Waals surface area (Å²) in [5, 5.41) is 24.3. The molecule has 6 nitrogen and oxygen atoms in total. The number of aliphatic hydroxyl groups excluding tert-OH is 2. The van der Waals surface area contributed by atoms with Gasteiger partial charge in [-0.2, -0.15) is 0 Å². The Balaban J connectivity index is 0. The molecule has 3 N–H and O–H groups in total. The molecule has 6 heteroatoms. The fourth-order valence-electron chi connectivity index (χ4n) is 0.477. The van der Waals surface area contributed by atoms with Gasteiger partial charge in [-0.15, -0.1) is 0 Å². The van der Waals surface area contributed by atoms with Gasteiger partial charge in [0, 0.05) is 24.7 Å². The molecule has 92 valence electrons. The van der Waals surface area contributed by atoms with Crippen molar-refractivity contribution in [3.05, 3.63) is 24.8 Å². The zero-order valence-corrected chi connectivity index (χ0v) is 8.89. The predicted octanol–water partition coefficient (Wildman–Crippen LogP) is -0.283. The molecule has 0 unspecified atom stereocenters. The number of esters is 1. The Labute approximate surface area is 93.5 Å². The lowest BCUT2D eigenvalue weighted by atomic mass is 10.2. The summed E-state index contributed by atoms with van der Waals surface area (Å²) in [5.74, 6) is -1.54. The fraction of sp³-hybridized carbons (Fsp3) is 0.400. The molecular formula is C10H16O6. The van der Waals surface area contributed by atoms with Crippen LogP contribution in [0.4, 0.5) is 0 Å². The van der Waals surface area contributed by atoms with E-state index in [0.717, 1.165) is 6.08 Å². The molecule has 0 atom stereocenters. The van der Waals surface area contributed by atoms with Gasteiger partial charge in [0.05, 0.1) is 6.61 Å². The van der Waals surface area contributed by atoms with Crippen molar-refractivity contribution in [2.45, 2.75) is 6.42 Å². The lowest BCUT2D eigenvalue weighted by Gasteiger charge is -2.02. The van der Waals surface area contributed by atoms with Crippen LogP contribution in [0, 0.1) is 0 Å². The monoisotopic (exact) mass is 232 g/mol. The highest BCUT2D eigenvalue weighted by atomic mass is 16.5. The van der Waals surface area contributed by atoms with E-state index in [1.54, 1.807) is 0 Å². The molecule has 0 saturated carbocycles. The molecule has 0 saturated heterocycles. The number of carbonyl (C=O) groups excluding carboxylic acids is 1. The van der Waals surface area contributed by atoms with E-state index in [2.05, 4.69) is 17.9 Å². The molecule has 0 aliphatic heterocycles. The number of aliphatic carboxylic acids is 1. The van der Waals surface area contributed by atoms with Crippen molar-refractivity contribution in [3.63, 3.8) is 0 Å². The number of aliphatic hydroxyl groups is 2. The van der Waals surface area contributed by atoms with E-state index < -0.39 is 11.9 Å². The maximum absolute atomic E-state index is 10.7. The smallest absolute Gasteiger partial charge is 0.333 e. The summed E-state index contributed by atoms with van der Waals surface area (Å²) in [6.07, 6.45) is 1.05. The van der Waals surface area contributed by atoms with Crippen molar-refractivity contribution >= 4 is 11.9 Å². The third-order valence-electron chi connectivity index (χ3n) is 1.20. The van der Waals surface area contributed by atoms with Gasteiger partial charge in [-0.1, -0.05) is 13.2 Å². The molecule has 0 amide bonds. The normalized spacial score (nSPS) is 8.38. The van der Waals surface area contributed by atoms with Crippen LogP contribution in [-0.2, 0) is 14.3 Å². The van der Waals surface area contributed by atoms with Crippen LogP contribution >= 0.6 is 0 Å². The van der Waals surface area contributed by atoms with Gasteiger partial charge in [0.1, 0.15) is 6.61 Å². The Hall–Kier alpha value is -1.66. The van der Waals surface area contributed by atoms with Crippen LogP contribution in [0.2, 0.25) is 0 Å². The fourth-order valence-corrected chi connectivity index (χ4v) is 0.477. The molecule has 0 radical (unpaired) electrons. The van der Waals surface area contributed by atoms with Gasteiger partial charge in [0.2, 0.25) is 0 Å². The van der Waals surface area contributed by atoms with Crippen molar-refractivity contribution in [1.29, 1.82) is 0 Å². The highest BCUT2D eigenvalue weighted by Gasteiger charge is 2.06. The van der Waals surface area contributed by atoms with Crippen molar-refractivity contribution in [2.24, 2.45) is 0 Å². The second kappa shape index (κ2) is 11.4. The summed E-state index contributed by atoms with van der Waals surface area (Å²) in [6.45, 7) is 6.00. The number of rotatable bonds is 6. The second-order valence-corrected chi connectivity index (χ2v) is 2.48. The lowest BCUT2D eigenvalue weighted by Crippen LogP contribution is -2.11. The molecule has 0 aliphatic rings. The Morgan fingerprint density at radius 2 is 1.75 bits per heavy atom. The number of hydrogen-bond donors (Lipinski definition) is 3. The van der Waals surface area contributed by atoms with Crippen LogP contribution in [-0.4, -0.2) is 47.1 Å². The first-order valence-electron chi connectivity index (χ1n) is 4.41. The highest BCUT2D eigenvalue weighted by Crippen LogP contribution is 1.98. The minimum atomic E-state index is -0.981. The molecule has 0 aromatic carbocycles. The van der Waals surface area contributed by atoms with Gasteiger partial charge in [-0.3, -0.25) is 0 Å². The molecule has 0 aliphatic carbocycles. The second-order valence-electron chi connectivity index (χ2n) is 2.48.